The van der Waals surface area contributed by atoms with Crippen LogP contribution in [0.5, 0.6) is 0 Å². The van der Waals surface area contributed by atoms with Gasteiger partial charge in [-0.25, -0.2) is 0 Å². The molecule has 0 amide bonds. The van der Waals surface area contributed by atoms with Gasteiger partial charge in [0.05, 0.1) is 17.7 Å². The fourth-order valence-corrected chi connectivity index (χ4v) is 19.0. The molecule has 0 atom stereocenters. The van der Waals surface area contributed by atoms with Gasteiger partial charge in [-0.05, 0) is 217 Å². The summed E-state index contributed by atoms with van der Waals surface area (Å²) in [6, 6.07) is 133. The van der Waals surface area contributed by atoms with E-state index in [2.05, 4.69) is 383 Å². The van der Waals surface area contributed by atoms with Crippen molar-refractivity contribution in [2.45, 2.75) is 49.4 Å². The first-order chi connectivity index (χ1) is 55.1. The van der Waals surface area contributed by atoms with Crippen molar-refractivity contribution in [3.05, 3.63) is 467 Å². The summed E-state index contributed by atoms with van der Waals surface area (Å²) in [5.74, 6) is 0. The summed E-state index contributed by atoms with van der Waals surface area (Å²) in [4.78, 5) is 4.75. The number of hydrogen-bond acceptors (Lipinski definition) is 2. The van der Waals surface area contributed by atoms with Crippen LogP contribution in [0.25, 0.3) is 77.2 Å². The first-order valence-corrected chi connectivity index (χ1v) is 37.5. The van der Waals surface area contributed by atoms with Crippen molar-refractivity contribution in [3.8, 4) is 55.6 Å². The van der Waals surface area contributed by atoms with Crippen LogP contribution in [0.2, 0.25) is 0 Å². The third-order valence-electron chi connectivity index (χ3n) is 23.9. The molecule has 2 heteroatoms. The molecular formula is C106H78N2. The lowest BCUT2D eigenvalue weighted by atomic mass is 9.67. The lowest BCUT2D eigenvalue weighted by molar-refractivity contribution is 0.660. The predicted molar refractivity (Wildman–Crippen MR) is 452 cm³/mol. The number of rotatable bonds is 11. The Kier molecular flexibility index (Phi) is 13.9. The third-order valence-corrected chi connectivity index (χ3v) is 23.9. The maximum absolute atomic E-state index is 8.66. The fraction of sp³-hybridized carbons (Fsp3) is 0.0755. The van der Waals surface area contributed by atoms with Gasteiger partial charge < -0.3 is 9.80 Å². The van der Waals surface area contributed by atoms with E-state index < -0.39 is 16.9 Å². The van der Waals surface area contributed by atoms with Gasteiger partial charge in [-0.15, -0.1) is 0 Å². The molecule has 2 nitrogen and oxygen atoms in total. The summed E-state index contributed by atoms with van der Waals surface area (Å²) in [6.45, 7) is 9.32. The van der Waals surface area contributed by atoms with Gasteiger partial charge in [0.2, 0.25) is 0 Å². The zero-order valence-corrected chi connectivity index (χ0v) is 60.6. The lowest BCUT2D eigenvalue weighted by Gasteiger charge is -2.35. The van der Waals surface area contributed by atoms with Gasteiger partial charge in [-0.1, -0.05) is 355 Å². The van der Waals surface area contributed by atoms with Crippen molar-refractivity contribution in [2.24, 2.45) is 0 Å². The van der Waals surface area contributed by atoms with E-state index in [4.69, 9.17) is 6.85 Å². The molecule has 0 spiro atoms. The summed E-state index contributed by atoms with van der Waals surface area (Å²) >= 11 is 0. The predicted octanol–water partition coefficient (Wildman–Crippen LogP) is 27.6. The van der Waals surface area contributed by atoms with Crippen LogP contribution in [0, 0.1) is 0 Å². The molecule has 21 rings (SSSR count). The molecule has 0 radical (unpaired) electrons. The highest BCUT2D eigenvalue weighted by molar-refractivity contribution is 6.09. The molecule has 512 valence electrons. The number of hydrogen-bond donors (Lipinski definition) is 0. The van der Waals surface area contributed by atoms with Crippen molar-refractivity contribution in [2.75, 3.05) is 9.80 Å². The monoisotopic (exact) mass is 1380 g/mol. The summed E-state index contributed by atoms with van der Waals surface area (Å²) in [7, 11) is 0. The quantitative estimate of drug-likeness (QED) is 0.119. The highest BCUT2D eigenvalue weighted by Crippen LogP contribution is 2.60. The van der Waals surface area contributed by atoms with Crippen LogP contribution in [0.4, 0.5) is 34.1 Å². The Balaban J connectivity index is 0.000000147. The van der Waals surface area contributed by atoms with Crippen molar-refractivity contribution in [1.82, 2.24) is 0 Å². The van der Waals surface area contributed by atoms with Crippen LogP contribution in [-0.2, 0) is 21.7 Å². The van der Waals surface area contributed by atoms with Crippen LogP contribution in [-0.4, -0.2) is 0 Å². The summed E-state index contributed by atoms with van der Waals surface area (Å²) in [5, 5.41) is 5.03. The van der Waals surface area contributed by atoms with Crippen LogP contribution in [0.1, 0.15) is 101 Å². The van der Waals surface area contributed by atoms with Crippen molar-refractivity contribution < 1.29 is 6.85 Å². The van der Waals surface area contributed by atoms with Gasteiger partial charge >= 0.3 is 0 Å². The molecule has 0 N–H and O–H groups in total. The Labute approximate surface area is 640 Å². The van der Waals surface area contributed by atoms with E-state index in [1.807, 2.05) is 24.3 Å². The van der Waals surface area contributed by atoms with E-state index in [1.54, 1.807) is 0 Å². The molecule has 0 aliphatic heterocycles. The minimum atomic E-state index is -0.581. The van der Waals surface area contributed by atoms with Gasteiger partial charge in [-0.3, -0.25) is 0 Å². The number of nitrogens with zero attached hydrogens (tertiary/aromatic N) is 2. The van der Waals surface area contributed by atoms with E-state index in [1.165, 1.54) is 127 Å². The van der Waals surface area contributed by atoms with Crippen molar-refractivity contribution >= 4 is 55.7 Å². The minimum Gasteiger partial charge on any atom is -0.310 e. The van der Waals surface area contributed by atoms with Gasteiger partial charge in [0.1, 0.15) is 0 Å². The molecule has 17 aromatic carbocycles. The van der Waals surface area contributed by atoms with E-state index in [0.29, 0.717) is 5.56 Å². The van der Waals surface area contributed by atoms with Crippen LogP contribution >= 0.6 is 0 Å². The Bertz CT molecular complexity index is 6600. The maximum Gasteiger partial charge on any atom is 0.0714 e. The molecule has 4 aliphatic rings. The molecule has 4 aliphatic carbocycles. The van der Waals surface area contributed by atoms with Crippen LogP contribution < -0.4 is 9.80 Å². The smallest absolute Gasteiger partial charge is 0.0714 e. The molecule has 17 aromatic rings. The molecule has 0 heterocycles. The Morgan fingerprint density at radius 2 is 0.546 bits per heavy atom. The molecule has 0 bridgehead atoms. The van der Waals surface area contributed by atoms with Gasteiger partial charge in [-0.2, -0.15) is 0 Å². The van der Waals surface area contributed by atoms with E-state index in [-0.39, 0.29) is 40.6 Å². The van der Waals surface area contributed by atoms with Gasteiger partial charge in [0.15, 0.2) is 0 Å². The minimum absolute atomic E-state index is 0.119. The molecule has 0 saturated carbocycles. The molecule has 108 heavy (non-hydrogen) atoms. The Hall–Kier alpha value is -13.1. The third kappa shape index (κ3) is 9.86. The summed E-state index contributed by atoms with van der Waals surface area (Å²) in [5.41, 5.74) is 31.1. The number of fused-ring (bicyclic) bond motifs is 15. The second kappa shape index (κ2) is 25.3. The topological polar surface area (TPSA) is 6.48 Å². The van der Waals surface area contributed by atoms with E-state index >= 15 is 0 Å². The van der Waals surface area contributed by atoms with Gasteiger partial charge in [0, 0.05) is 45.0 Å². The van der Waals surface area contributed by atoms with E-state index in [9.17, 15) is 0 Å². The molecule has 0 fully saturated rings. The first kappa shape index (κ1) is 59.2. The molecule has 0 saturated heterocycles. The zero-order chi connectivity index (χ0) is 76.7. The van der Waals surface area contributed by atoms with E-state index in [0.717, 1.165) is 39.7 Å². The average molecular weight is 1380 g/mol. The number of benzene rings is 17. The maximum atomic E-state index is 8.66. The first-order valence-electron chi connectivity index (χ1n) is 40.0. The van der Waals surface area contributed by atoms with Crippen LogP contribution in [0.3, 0.4) is 0 Å². The SMILES string of the molecule is CC1(C)c2ccccc2-c2ccc(N(c3cccc(C4(c5ccccc5)c5ccccc5-c5ccccc54)c3)c3ccc4c(ccc5ccccc54)c3)cc21.[2H]c1c([2H])c([2H])c(-c2ccc(N(c3cccc(C4(c5ccccc5)c5ccccc5-c5ccccc54)c3)c3ccc4c(c3)C(C)(C)c3ccccc3-4)cc2)c([2H])c1[2H]. The fourth-order valence-electron chi connectivity index (χ4n) is 19.0. The van der Waals surface area contributed by atoms with Gasteiger partial charge in [0.25, 0.3) is 0 Å². The average Bonchev–Trinajstić information content (AvgIpc) is 1.54. The van der Waals surface area contributed by atoms with Crippen LogP contribution in [0.15, 0.2) is 400 Å². The Morgan fingerprint density at radius 3 is 1.02 bits per heavy atom. The van der Waals surface area contributed by atoms with Crippen molar-refractivity contribution in [1.29, 1.82) is 0 Å². The Morgan fingerprint density at radius 1 is 0.213 bits per heavy atom. The highest BCUT2D eigenvalue weighted by Gasteiger charge is 2.48. The lowest BCUT2D eigenvalue weighted by Crippen LogP contribution is -2.28. The second-order valence-electron chi connectivity index (χ2n) is 30.2. The summed E-state index contributed by atoms with van der Waals surface area (Å²) in [6.07, 6.45) is 0. The normalized spacial score (nSPS) is 14.9. The molecule has 0 unspecified atom stereocenters. The summed E-state index contributed by atoms with van der Waals surface area (Å²) < 4.78 is 42.1. The molecule has 0 aromatic heterocycles. The molecular weight excluding hydrogens is 1300 g/mol. The zero-order valence-electron chi connectivity index (χ0n) is 65.6. The largest absolute Gasteiger partial charge is 0.310 e. The highest BCUT2D eigenvalue weighted by atomic mass is 15.1. The second-order valence-corrected chi connectivity index (χ2v) is 30.2. The standard InChI is InChI=1S/C54H39N.C52H39N/c1-53(2)49-24-11-8-21-45(49)48-32-30-42(35-52(48)53)55(41-29-31-44-37(33-41)28-27-36-15-6-7-20-43(36)44)40-19-14-18-39(34-40)54(38-16-4-3-5-17-38)50-25-12-9-22-46(50)47-23-10-13-26-51(47)54;1-51(2)47-25-12-9-22-43(47)46-33-32-42(35-50(46)51)53(40-30-28-37(29-31-40)36-16-5-3-6-17-36)41-21-15-20-39(34-41)52(38-18-7-4-8-19-38)48-26-13-10-23-44(48)45-24-11-14-27-49(45)52/h3-35H,1-2H3;3-35H,1-2H3/i;3D,5D,6D,16D,17D. The van der Waals surface area contributed by atoms with Crippen molar-refractivity contribution in [3.63, 3.8) is 0 Å². The number of anilines is 6.